The van der Waals surface area contributed by atoms with Crippen LogP contribution in [-0.2, 0) is 0 Å². The number of benzene rings is 4. The summed E-state index contributed by atoms with van der Waals surface area (Å²) in [4.78, 5) is 0. The van der Waals surface area contributed by atoms with Gasteiger partial charge in [0.1, 0.15) is 0 Å². The zero-order valence-corrected chi connectivity index (χ0v) is 15.0. The first-order valence-corrected chi connectivity index (χ1v) is 9.10. The Kier molecular flexibility index (Phi) is 4.84. The van der Waals surface area contributed by atoms with Crippen molar-refractivity contribution < 1.29 is 0 Å². The first-order chi connectivity index (χ1) is 13.4. The van der Waals surface area contributed by atoms with E-state index in [1.807, 2.05) is 30.3 Å². The lowest BCUT2D eigenvalue weighted by atomic mass is 9.86. The second-order valence-electron chi connectivity index (χ2n) is 6.41. The van der Waals surface area contributed by atoms with Gasteiger partial charge in [0.05, 0.1) is 0 Å². The highest BCUT2D eigenvalue weighted by molar-refractivity contribution is 5.95. The SMILES string of the molecule is NC=C(c1ccccc1)c1cccc(-c2ccccc2)c1-c1ccccc1. The van der Waals surface area contributed by atoms with Crippen LogP contribution in [0, 0.1) is 0 Å². The molecule has 0 heterocycles. The number of rotatable bonds is 4. The Bertz CT molecular complexity index is 1050. The van der Waals surface area contributed by atoms with Gasteiger partial charge in [-0.1, -0.05) is 109 Å². The van der Waals surface area contributed by atoms with Gasteiger partial charge in [-0.25, -0.2) is 0 Å². The van der Waals surface area contributed by atoms with E-state index >= 15 is 0 Å². The summed E-state index contributed by atoms with van der Waals surface area (Å²) in [6.07, 6.45) is 1.71. The summed E-state index contributed by atoms with van der Waals surface area (Å²) in [7, 11) is 0. The average Bonchev–Trinajstić information content (AvgIpc) is 2.76. The molecule has 0 bridgehead atoms. The van der Waals surface area contributed by atoms with Gasteiger partial charge in [0, 0.05) is 11.8 Å². The first-order valence-electron chi connectivity index (χ1n) is 9.10. The zero-order chi connectivity index (χ0) is 18.5. The molecule has 0 atom stereocenters. The van der Waals surface area contributed by atoms with Crippen LogP contribution in [0.1, 0.15) is 11.1 Å². The van der Waals surface area contributed by atoms with Crippen LogP contribution in [0.5, 0.6) is 0 Å². The molecule has 0 aliphatic rings. The van der Waals surface area contributed by atoms with Crippen LogP contribution in [0.2, 0.25) is 0 Å². The summed E-state index contributed by atoms with van der Waals surface area (Å²) in [5.74, 6) is 0. The molecule has 0 spiro atoms. The maximum absolute atomic E-state index is 6.11. The Hall–Kier alpha value is -3.58. The molecular formula is C26H21N. The van der Waals surface area contributed by atoms with E-state index in [1.165, 1.54) is 22.3 Å². The fourth-order valence-electron chi connectivity index (χ4n) is 3.51. The van der Waals surface area contributed by atoms with Crippen molar-refractivity contribution in [3.63, 3.8) is 0 Å². The number of nitrogens with two attached hydrogens (primary N) is 1. The average molecular weight is 347 g/mol. The second kappa shape index (κ2) is 7.76. The topological polar surface area (TPSA) is 26.0 Å². The Balaban J connectivity index is 2.00. The molecule has 2 N–H and O–H groups in total. The Morgan fingerprint density at radius 1 is 0.556 bits per heavy atom. The van der Waals surface area contributed by atoms with E-state index in [9.17, 15) is 0 Å². The molecule has 0 radical (unpaired) electrons. The molecule has 0 saturated heterocycles. The monoisotopic (exact) mass is 347 g/mol. The second-order valence-corrected chi connectivity index (χ2v) is 6.41. The fraction of sp³-hybridized carbons (Fsp3) is 0. The van der Waals surface area contributed by atoms with Crippen molar-refractivity contribution in [1.29, 1.82) is 0 Å². The van der Waals surface area contributed by atoms with Gasteiger partial charge in [0.15, 0.2) is 0 Å². The first kappa shape index (κ1) is 16.9. The molecule has 0 unspecified atom stereocenters. The van der Waals surface area contributed by atoms with Crippen LogP contribution in [-0.4, -0.2) is 0 Å². The molecule has 4 aromatic carbocycles. The van der Waals surface area contributed by atoms with Gasteiger partial charge in [0.25, 0.3) is 0 Å². The minimum absolute atomic E-state index is 1.03. The van der Waals surface area contributed by atoms with Crippen LogP contribution in [0.25, 0.3) is 27.8 Å². The standard InChI is InChI=1S/C26H21N/c27-19-25(21-13-6-2-7-14-21)24-18-10-17-23(20-11-4-1-5-12-20)26(24)22-15-8-3-9-16-22/h1-19H,27H2. The normalized spacial score (nSPS) is 11.3. The maximum Gasteiger partial charge on any atom is 0.00500 e. The Labute approximate surface area is 160 Å². The number of hydrogen-bond acceptors (Lipinski definition) is 1. The quantitative estimate of drug-likeness (QED) is 0.456. The summed E-state index contributed by atoms with van der Waals surface area (Å²) < 4.78 is 0. The molecule has 4 rings (SSSR count). The van der Waals surface area contributed by atoms with E-state index in [-0.39, 0.29) is 0 Å². The third-order valence-corrected chi connectivity index (χ3v) is 4.75. The highest BCUT2D eigenvalue weighted by Gasteiger charge is 2.16. The van der Waals surface area contributed by atoms with Crippen molar-refractivity contribution in [3.05, 3.63) is 127 Å². The summed E-state index contributed by atoms with van der Waals surface area (Å²) in [6.45, 7) is 0. The molecule has 130 valence electrons. The predicted molar refractivity (Wildman–Crippen MR) is 115 cm³/mol. The molecule has 1 nitrogen and oxygen atoms in total. The summed E-state index contributed by atoms with van der Waals surface area (Å²) in [5, 5.41) is 0. The molecule has 0 fully saturated rings. The van der Waals surface area contributed by atoms with Gasteiger partial charge in [0.2, 0.25) is 0 Å². The van der Waals surface area contributed by atoms with Gasteiger partial charge in [-0.05, 0) is 33.4 Å². The van der Waals surface area contributed by atoms with Gasteiger partial charge in [-0.3, -0.25) is 0 Å². The smallest absolute Gasteiger partial charge is 0.00500 e. The van der Waals surface area contributed by atoms with Crippen molar-refractivity contribution >= 4 is 5.57 Å². The van der Waals surface area contributed by atoms with Crippen LogP contribution in [0.4, 0.5) is 0 Å². The molecule has 0 aromatic heterocycles. The summed E-state index contributed by atoms with van der Waals surface area (Å²) >= 11 is 0. The minimum atomic E-state index is 1.03. The van der Waals surface area contributed by atoms with E-state index in [0.29, 0.717) is 0 Å². The van der Waals surface area contributed by atoms with E-state index in [1.54, 1.807) is 6.20 Å². The van der Waals surface area contributed by atoms with Crippen molar-refractivity contribution in [3.8, 4) is 22.3 Å². The van der Waals surface area contributed by atoms with E-state index < -0.39 is 0 Å². The molecule has 4 aromatic rings. The van der Waals surface area contributed by atoms with Crippen LogP contribution < -0.4 is 5.73 Å². The molecule has 0 amide bonds. The predicted octanol–water partition coefficient (Wildman–Crippen LogP) is 6.37. The molecule has 1 heteroatoms. The van der Waals surface area contributed by atoms with Crippen molar-refractivity contribution in [2.75, 3.05) is 0 Å². The Morgan fingerprint density at radius 3 is 1.70 bits per heavy atom. The highest BCUT2D eigenvalue weighted by atomic mass is 14.5. The van der Waals surface area contributed by atoms with E-state index in [2.05, 4.69) is 78.9 Å². The van der Waals surface area contributed by atoms with Crippen molar-refractivity contribution in [2.24, 2.45) is 5.73 Å². The van der Waals surface area contributed by atoms with Gasteiger partial charge < -0.3 is 5.73 Å². The van der Waals surface area contributed by atoms with Gasteiger partial charge in [-0.15, -0.1) is 0 Å². The summed E-state index contributed by atoms with van der Waals surface area (Å²) in [6, 6.07) is 37.8. The van der Waals surface area contributed by atoms with Crippen molar-refractivity contribution in [1.82, 2.24) is 0 Å². The molecule has 27 heavy (non-hydrogen) atoms. The summed E-state index contributed by atoms with van der Waals surface area (Å²) in [5.41, 5.74) is 14.2. The minimum Gasteiger partial charge on any atom is -0.404 e. The van der Waals surface area contributed by atoms with Crippen molar-refractivity contribution in [2.45, 2.75) is 0 Å². The van der Waals surface area contributed by atoms with Gasteiger partial charge in [-0.2, -0.15) is 0 Å². The largest absolute Gasteiger partial charge is 0.404 e. The lowest BCUT2D eigenvalue weighted by molar-refractivity contribution is 1.48. The highest BCUT2D eigenvalue weighted by Crippen LogP contribution is 2.39. The lowest BCUT2D eigenvalue weighted by Crippen LogP contribution is -1.97. The molecule has 0 saturated carbocycles. The lowest BCUT2D eigenvalue weighted by Gasteiger charge is -2.18. The van der Waals surface area contributed by atoms with Crippen LogP contribution in [0.15, 0.2) is 115 Å². The van der Waals surface area contributed by atoms with Crippen LogP contribution in [0.3, 0.4) is 0 Å². The number of hydrogen-bond donors (Lipinski definition) is 1. The van der Waals surface area contributed by atoms with E-state index in [0.717, 1.165) is 16.7 Å². The zero-order valence-electron chi connectivity index (χ0n) is 15.0. The molecular weight excluding hydrogens is 326 g/mol. The third-order valence-electron chi connectivity index (χ3n) is 4.75. The van der Waals surface area contributed by atoms with Gasteiger partial charge >= 0.3 is 0 Å². The molecule has 0 aliphatic heterocycles. The maximum atomic E-state index is 6.11. The fourth-order valence-corrected chi connectivity index (χ4v) is 3.51. The molecule has 0 aliphatic carbocycles. The van der Waals surface area contributed by atoms with E-state index in [4.69, 9.17) is 5.73 Å². The Morgan fingerprint density at radius 2 is 1.11 bits per heavy atom. The van der Waals surface area contributed by atoms with Crippen LogP contribution >= 0.6 is 0 Å². The third kappa shape index (κ3) is 3.40.